The number of fused-ring (bicyclic) bond motifs is 1. The summed E-state index contributed by atoms with van der Waals surface area (Å²) in [5, 5.41) is 9.38. The van der Waals surface area contributed by atoms with Crippen molar-refractivity contribution in [2.24, 2.45) is 0 Å². The number of aromatic amines is 1. The highest BCUT2D eigenvalue weighted by Crippen LogP contribution is 2.27. The normalized spacial score (nSPS) is 11.1. The van der Waals surface area contributed by atoms with Crippen LogP contribution in [0.15, 0.2) is 48.8 Å². The van der Waals surface area contributed by atoms with Gasteiger partial charge in [-0.05, 0) is 35.4 Å². The number of hydrogen-bond donors (Lipinski definition) is 2. The smallest absolute Gasteiger partial charge is 0.174 e. The van der Waals surface area contributed by atoms with Crippen molar-refractivity contribution in [1.82, 2.24) is 19.5 Å². The van der Waals surface area contributed by atoms with Gasteiger partial charge in [0.05, 0.1) is 20.0 Å². The molecule has 6 nitrogen and oxygen atoms in total. The number of H-pyrrole nitrogens is 1. The summed E-state index contributed by atoms with van der Waals surface area (Å²) >= 11 is 12.7. The number of benzene rings is 2. The molecule has 2 aromatic carbocycles. The maximum absolute atomic E-state index is 8.25. The Balaban J connectivity index is 1.83. The lowest BCUT2D eigenvalue weighted by atomic mass is 10.1. The first-order valence-corrected chi connectivity index (χ1v) is 9.35. The van der Waals surface area contributed by atoms with Gasteiger partial charge in [-0.3, -0.25) is 5.41 Å². The topological polar surface area (TPSA) is 79.6 Å². The van der Waals surface area contributed by atoms with E-state index >= 15 is 0 Å². The molecule has 0 atom stereocenters. The fourth-order valence-electron chi connectivity index (χ4n) is 3.11. The van der Waals surface area contributed by atoms with Gasteiger partial charge in [0.25, 0.3) is 0 Å². The van der Waals surface area contributed by atoms with Crippen molar-refractivity contribution in [2.45, 2.75) is 13.0 Å². The summed E-state index contributed by atoms with van der Waals surface area (Å²) in [6.45, 7) is 0.538. The molecule has 0 fully saturated rings. The van der Waals surface area contributed by atoms with E-state index in [4.69, 9.17) is 33.3 Å². The average Bonchev–Trinajstić information content (AvgIpc) is 3.19. The highest BCUT2D eigenvalue weighted by molar-refractivity contribution is 6.36. The lowest BCUT2D eigenvalue weighted by Crippen LogP contribution is -2.20. The molecule has 2 heterocycles. The van der Waals surface area contributed by atoms with Gasteiger partial charge < -0.3 is 14.3 Å². The molecule has 8 heteroatoms. The number of ether oxygens (including phenoxy) is 1. The summed E-state index contributed by atoms with van der Waals surface area (Å²) in [5.74, 6) is 1.46. The van der Waals surface area contributed by atoms with Crippen LogP contribution in [0.5, 0.6) is 5.75 Å². The van der Waals surface area contributed by atoms with Crippen LogP contribution in [0.25, 0.3) is 11.2 Å². The van der Waals surface area contributed by atoms with Gasteiger partial charge in [-0.1, -0.05) is 41.4 Å². The molecule has 0 bridgehead atoms. The van der Waals surface area contributed by atoms with Crippen LogP contribution < -0.4 is 10.2 Å². The van der Waals surface area contributed by atoms with Gasteiger partial charge in [0.15, 0.2) is 11.1 Å². The Morgan fingerprint density at radius 2 is 1.82 bits per heavy atom. The van der Waals surface area contributed by atoms with E-state index in [1.165, 1.54) is 0 Å². The van der Waals surface area contributed by atoms with E-state index in [9.17, 15) is 0 Å². The van der Waals surface area contributed by atoms with Gasteiger partial charge in [0, 0.05) is 16.5 Å². The third kappa shape index (κ3) is 3.48. The van der Waals surface area contributed by atoms with Crippen molar-refractivity contribution in [2.75, 3.05) is 7.11 Å². The van der Waals surface area contributed by atoms with Crippen LogP contribution in [-0.4, -0.2) is 26.6 Å². The molecule has 4 aromatic rings. The van der Waals surface area contributed by atoms with Gasteiger partial charge in [0.2, 0.25) is 0 Å². The Morgan fingerprint density at radius 3 is 2.50 bits per heavy atom. The van der Waals surface area contributed by atoms with E-state index in [1.54, 1.807) is 31.6 Å². The monoisotopic (exact) mass is 413 g/mol. The highest BCUT2D eigenvalue weighted by atomic mass is 35.5. The Hall–Kier alpha value is -2.83. The molecule has 0 aliphatic carbocycles. The predicted octanol–water partition coefficient (Wildman–Crippen LogP) is 4.19. The zero-order valence-electron chi connectivity index (χ0n) is 15.0. The van der Waals surface area contributed by atoms with Gasteiger partial charge >= 0.3 is 0 Å². The van der Waals surface area contributed by atoms with Gasteiger partial charge in [-0.25, -0.2) is 9.97 Å². The standard InChI is InChI=1S/C20H17Cl2N5O/c1-28-13-7-5-12(6-8-13)10-27-17(9-14-15(21)3-2-4-16(14)22)26-19(23)18-20(27)25-11-24-18/h2-8,11,23H,9-10H2,1H3,(H,24,25). The van der Waals surface area contributed by atoms with E-state index < -0.39 is 0 Å². The van der Waals surface area contributed by atoms with Crippen LogP contribution >= 0.6 is 23.2 Å². The van der Waals surface area contributed by atoms with E-state index in [0.29, 0.717) is 40.0 Å². The molecule has 0 saturated carbocycles. The zero-order valence-corrected chi connectivity index (χ0v) is 16.6. The van der Waals surface area contributed by atoms with Gasteiger partial charge in [-0.15, -0.1) is 0 Å². The first-order valence-electron chi connectivity index (χ1n) is 8.60. The number of halogens is 2. The van der Waals surface area contributed by atoms with Crippen LogP contribution in [0, 0.1) is 5.41 Å². The average molecular weight is 414 g/mol. The van der Waals surface area contributed by atoms with Crippen molar-refractivity contribution in [1.29, 1.82) is 5.41 Å². The summed E-state index contributed by atoms with van der Waals surface area (Å²) in [6, 6.07) is 13.2. The predicted molar refractivity (Wildman–Crippen MR) is 109 cm³/mol. The molecular weight excluding hydrogens is 397 g/mol. The second-order valence-corrected chi connectivity index (χ2v) is 7.10. The molecule has 2 aromatic heterocycles. The maximum atomic E-state index is 8.25. The number of hydrogen-bond acceptors (Lipinski definition) is 4. The Bertz CT molecular complexity index is 1180. The summed E-state index contributed by atoms with van der Waals surface area (Å²) < 4.78 is 7.21. The van der Waals surface area contributed by atoms with Crippen molar-refractivity contribution in [3.63, 3.8) is 0 Å². The largest absolute Gasteiger partial charge is 0.497 e. The van der Waals surface area contributed by atoms with Crippen molar-refractivity contribution in [3.05, 3.63) is 81.3 Å². The van der Waals surface area contributed by atoms with Crippen LogP contribution in [-0.2, 0) is 13.0 Å². The molecule has 0 aliphatic rings. The molecule has 0 spiro atoms. The number of methoxy groups -OCH3 is 1. The van der Waals surface area contributed by atoms with Gasteiger partial charge in [0.1, 0.15) is 17.1 Å². The number of nitrogens with zero attached hydrogens (tertiary/aromatic N) is 3. The highest BCUT2D eigenvalue weighted by Gasteiger charge is 2.15. The van der Waals surface area contributed by atoms with Crippen LogP contribution in [0.1, 0.15) is 17.0 Å². The molecule has 0 radical (unpaired) electrons. The van der Waals surface area contributed by atoms with Crippen molar-refractivity contribution < 1.29 is 4.74 Å². The fourth-order valence-corrected chi connectivity index (χ4v) is 3.64. The Kier molecular flexibility index (Phi) is 5.07. The minimum atomic E-state index is 0.136. The lowest BCUT2D eigenvalue weighted by molar-refractivity contribution is 0.414. The summed E-state index contributed by atoms with van der Waals surface area (Å²) in [4.78, 5) is 11.9. The number of rotatable bonds is 5. The quantitative estimate of drug-likeness (QED) is 0.514. The third-order valence-electron chi connectivity index (χ3n) is 4.56. The second-order valence-electron chi connectivity index (χ2n) is 6.29. The Labute approximate surface area is 171 Å². The van der Waals surface area contributed by atoms with Crippen molar-refractivity contribution >= 4 is 34.4 Å². The zero-order chi connectivity index (χ0) is 19.7. The SMILES string of the molecule is COc1ccc(Cn2c(Cc3c(Cl)cccc3Cl)nc(=N)c3[nH]cnc32)cc1. The fraction of sp³-hybridized carbons (Fsp3) is 0.150. The molecular formula is C20H17Cl2N5O. The molecule has 2 N–H and O–H groups in total. The van der Waals surface area contributed by atoms with E-state index in [1.807, 2.05) is 28.8 Å². The molecule has 4 rings (SSSR count). The number of imidazole rings is 1. The Morgan fingerprint density at radius 1 is 1.11 bits per heavy atom. The lowest BCUT2D eigenvalue weighted by Gasteiger charge is -2.15. The van der Waals surface area contributed by atoms with Crippen LogP contribution in [0.3, 0.4) is 0 Å². The third-order valence-corrected chi connectivity index (χ3v) is 5.27. The molecule has 0 aliphatic heterocycles. The number of aromatic nitrogens is 4. The minimum Gasteiger partial charge on any atom is -0.497 e. The van der Waals surface area contributed by atoms with Crippen molar-refractivity contribution in [3.8, 4) is 5.75 Å². The second kappa shape index (κ2) is 7.66. The first kappa shape index (κ1) is 18.5. The van der Waals surface area contributed by atoms with E-state index in [-0.39, 0.29) is 5.49 Å². The van der Waals surface area contributed by atoms with Crippen LogP contribution in [0.2, 0.25) is 10.0 Å². The molecule has 0 unspecified atom stereocenters. The first-order chi connectivity index (χ1) is 13.6. The van der Waals surface area contributed by atoms with E-state index in [2.05, 4.69) is 15.0 Å². The molecule has 28 heavy (non-hydrogen) atoms. The summed E-state index contributed by atoms with van der Waals surface area (Å²) in [7, 11) is 1.64. The van der Waals surface area contributed by atoms with Gasteiger partial charge in [-0.2, -0.15) is 0 Å². The molecule has 142 valence electrons. The van der Waals surface area contributed by atoms with E-state index in [0.717, 1.165) is 16.9 Å². The minimum absolute atomic E-state index is 0.136. The summed E-state index contributed by atoms with van der Waals surface area (Å²) in [6.07, 6.45) is 1.96. The molecule has 0 saturated heterocycles. The number of nitrogens with one attached hydrogen (secondary N) is 2. The van der Waals surface area contributed by atoms with Crippen LogP contribution in [0.4, 0.5) is 0 Å². The maximum Gasteiger partial charge on any atom is 0.174 e. The molecule has 0 amide bonds. The summed E-state index contributed by atoms with van der Waals surface area (Å²) in [5.41, 5.74) is 3.21.